The predicted octanol–water partition coefficient (Wildman–Crippen LogP) is 3.63. The Labute approximate surface area is 97.5 Å². The van der Waals surface area contributed by atoms with Crippen LogP contribution >= 0.6 is 0 Å². The summed E-state index contributed by atoms with van der Waals surface area (Å²) in [5.74, 6) is 6.73. The number of rotatable bonds is 0. The average molecular weight is 212 g/mol. The highest BCUT2D eigenvalue weighted by atomic mass is 14.9. The molecule has 0 heterocycles. The first kappa shape index (κ1) is 7.95. The van der Waals surface area contributed by atoms with E-state index in [4.69, 9.17) is 0 Å². The molecule has 2 spiro atoms. The molecule has 16 heavy (non-hydrogen) atoms. The van der Waals surface area contributed by atoms with Crippen molar-refractivity contribution in [3.8, 4) is 0 Å². The summed E-state index contributed by atoms with van der Waals surface area (Å²) in [5, 5.41) is 0. The highest BCUT2D eigenvalue weighted by molar-refractivity contribution is 5.42. The minimum atomic E-state index is 0.838. The van der Waals surface area contributed by atoms with Crippen molar-refractivity contribution in [3.63, 3.8) is 0 Å². The monoisotopic (exact) mass is 212 g/mol. The van der Waals surface area contributed by atoms with Crippen LogP contribution in [0, 0.1) is 46.3 Å². The zero-order valence-electron chi connectivity index (χ0n) is 10.1. The predicted molar refractivity (Wildman–Crippen MR) is 62.6 cm³/mol. The first-order valence-electron chi connectivity index (χ1n) is 7.47. The van der Waals surface area contributed by atoms with E-state index in [0.717, 1.165) is 28.6 Å². The summed E-state index contributed by atoms with van der Waals surface area (Å²) >= 11 is 0. The van der Waals surface area contributed by atoms with Crippen molar-refractivity contribution in [1.82, 2.24) is 0 Å². The van der Waals surface area contributed by atoms with Crippen LogP contribution in [0.2, 0.25) is 0 Å². The molecule has 0 N–H and O–H groups in total. The number of hydrogen-bond donors (Lipinski definition) is 0. The average Bonchev–Trinajstić information content (AvgIpc) is 2.65. The molecular formula is C16H20. The third kappa shape index (κ3) is 0.486. The lowest BCUT2D eigenvalue weighted by Crippen LogP contribution is -2.65. The quantitative estimate of drug-likeness (QED) is 0.538. The highest BCUT2D eigenvalue weighted by Gasteiger charge is 2.82. The molecule has 4 bridgehead atoms. The Morgan fingerprint density at radius 1 is 1.25 bits per heavy atom. The molecule has 7 rings (SSSR count). The summed E-state index contributed by atoms with van der Waals surface area (Å²) in [7, 11) is 0. The fourth-order valence-corrected chi connectivity index (χ4v) is 7.69. The molecule has 0 aliphatic heterocycles. The van der Waals surface area contributed by atoms with Crippen LogP contribution in [0.25, 0.3) is 0 Å². The van der Waals surface area contributed by atoms with Gasteiger partial charge in [0, 0.05) is 0 Å². The molecule has 0 nitrogen and oxygen atoms in total. The molecule has 5 saturated carbocycles. The smallest absolute Gasteiger partial charge is 0.0138 e. The van der Waals surface area contributed by atoms with Crippen LogP contribution in [0.1, 0.15) is 39.0 Å². The van der Waals surface area contributed by atoms with Gasteiger partial charge in [-0.25, -0.2) is 0 Å². The fourth-order valence-electron chi connectivity index (χ4n) is 7.69. The number of allylic oxidation sites excluding steroid dienone is 2. The van der Waals surface area contributed by atoms with Crippen LogP contribution in [-0.2, 0) is 0 Å². The Balaban J connectivity index is 1.63. The lowest BCUT2D eigenvalue weighted by Gasteiger charge is -2.71. The first-order valence-corrected chi connectivity index (χ1v) is 7.47. The van der Waals surface area contributed by atoms with Gasteiger partial charge in [0.15, 0.2) is 0 Å². The molecule has 0 radical (unpaired) electrons. The van der Waals surface area contributed by atoms with Crippen LogP contribution in [0.4, 0.5) is 0 Å². The molecule has 0 heteroatoms. The Hall–Kier alpha value is -0.260. The zero-order chi connectivity index (χ0) is 10.3. The van der Waals surface area contributed by atoms with Crippen LogP contribution in [0.3, 0.4) is 0 Å². The minimum absolute atomic E-state index is 0.838. The minimum Gasteiger partial charge on any atom is -0.0813 e. The van der Waals surface area contributed by atoms with Gasteiger partial charge in [0.25, 0.3) is 0 Å². The van der Waals surface area contributed by atoms with E-state index in [0.29, 0.717) is 0 Å². The summed E-state index contributed by atoms with van der Waals surface area (Å²) in [6, 6.07) is 0. The maximum Gasteiger partial charge on any atom is -0.0138 e. The van der Waals surface area contributed by atoms with E-state index >= 15 is 0 Å². The first-order chi connectivity index (χ1) is 7.77. The van der Waals surface area contributed by atoms with Crippen molar-refractivity contribution in [2.24, 2.45) is 46.3 Å². The van der Waals surface area contributed by atoms with Gasteiger partial charge in [0.2, 0.25) is 0 Å². The van der Waals surface area contributed by atoms with Gasteiger partial charge in [-0.15, -0.1) is 0 Å². The Kier molecular flexibility index (Phi) is 0.921. The van der Waals surface area contributed by atoms with E-state index in [1.54, 1.807) is 25.7 Å². The lowest BCUT2D eigenvalue weighted by molar-refractivity contribution is -0.224. The molecule has 0 amide bonds. The van der Waals surface area contributed by atoms with Gasteiger partial charge in [-0.3, -0.25) is 0 Å². The second kappa shape index (κ2) is 1.85. The molecule has 84 valence electrons. The van der Waals surface area contributed by atoms with Crippen LogP contribution < -0.4 is 0 Å². The number of hydrogen-bond acceptors (Lipinski definition) is 0. The van der Waals surface area contributed by atoms with Crippen molar-refractivity contribution >= 4 is 0 Å². The maximum atomic E-state index is 2.78. The standard InChI is InChI=1S/C16H20/c1-8-6-15(8)7-9-2-10-3-12(9)13-4-11-5-14(15)16(10,11)13/h2,8,10-14H,3-7H2,1H3. The van der Waals surface area contributed by atoms with E-state index in [1.165, 1.54) is 24.2 Å². The third-order valence-corrected chi connectivity index (χ3v) is 8.27. The van der Waals surface area contributed by atoms with Gasteiger partial charge in [0.05, 0.1) is 0 Å². The van der Waals surface area contributed by atoms with Crippen LogP contribution in [0.15, 0.2) is 11.6 Å². The Morgan fingerprint density at radius 2 is 2.12 bits per heavy atom. The van der Waals surface area contributed by atoms with Crippen LogP contribution in [0.5, 0.6) is 0 Å². The summed E-state index contributed by atoms with van der Waals surface area (Å²) in [5.41, 5.74) is 3.68. The molecule has 0 saturated heterocycles. The largest absolute Gasteiger partial charge is 0.0813 e. The zero-order valence-corrected chi connectivity index (χ0v) is 10.1. The summed E-state index contributed by atoms with van der Waals surface area (Å²) in [4.78, 5) is 0. The second-order valence-corrected chi connectivity index (χ2v) is 8.03. The summed E-state index contributed by atoms with van der Waals surface area (Å²) in [6.07, 6.45) is 10.7. The second-order valence-electron chi connectivity index (χ2n) is 8.03. The van der Waals surface area contributed by atoms with E-state index in [1.807, 2.05) is 5.57 Å². The van der Waals surface area contributed by atoms with Crippen molar-refractivity contribution in [3.05, 3.63) is 11.6 Å². The normalized spacial score (nSPS) is 75.4. The van der Waals surface area contributed by atoms with E-state index in [9.17, 15) is 0 Å². The molecule has 7 aliphatic carbocycles. The molecule has 0 aromatic heterocycles. The maximum absolute atomic E-state index is 2.78. The molecule has 7 aliphatic rings. The topological polar surface area (TPSA) is 0 Å². The van der Waals surface area contributed by atoms with Gasteiger partial charge in [-0.1, -0.05) is 18.6 Å². The molecule has 0 aromatic rings. The van der Waals surface area contributed by atoms with Crippen molar-refractivity contribution in [1.29, 1.82) is 0 Å². The highest BCUT2D eigenvalue weighted by Crippen LogP contribution is 2.89. The van der Waals surface area contributed by atoms with Crippen molar-refractivity contribution in [2.75, 3.05) is 0 Å². The molecule has 8 unspecified atom stereocenters. The Bertz CT molecular complexity index is 461. The van der Waals surface area contributed by atoms with Crippen LogP contribution in [-0.4, -0.2) is 0 Å². The molecule has 8 atom stereocenters. The summed E-state index contributed by atoms with van der Waals surface area (Å²) in [6.45, 7) is 2.54. The molecule has 5 fully saturated rings. The van der Waals surface area contributed by atoms with E-state index < -0.39 is 0 Å². The van der Waals surface area contributed by atoms with Gasteiger partial charge in [-0.05, 0) is 78.4 Å². The third-order valence-electron chi connectivity index (χ3n) is 8.27. The van der Waals surface area contributed by atoms with Gasteiger partial charge < -0.3 is 0 Å². The van der Waals surface area contributed by atoms with Crippen molar-refractivity contribution < 1.29 is 0 Å². The van der Waals surface area contributed by atoms with Gasteiger partial charge >= 0.3 is 0 Å². The molecule has 0 aromatic carbocycles. The molecular weight excluding hydrogens is 192 g/mol. The van der Waals surface area contributed by atoms with E-state index in [-0.39, 0.29) is 0 Å². The van der Waals surface area contributed by atoms with E-state index in [2.05, 4.69) is 13.0 Å². The van der Waals surface area contributed by atoms with Gasteiger partial charge in [-0.2, -0.15) is 0 Å². The fraction of sp³-hybridized carbons (Fsp3) is 0.875. The van der Waals surface area contributed by atoms with Crippen molar-refractivity contribution in [2.45, 2.75) is 39.0 Å². The lowest BCUT2D eigenvalue weighted by atomic mass is 9.33. The SMILES string of the molecule is CC1CC12CC1=CC3CC1C1CC4CC2C341. The van der Waals surface area contributed by atoms with Gasteiger partial charge in [0.1, 0.15) is 0 Å². The summed E-state index contributed by atoms with van der Waals surface area (Å²) < 4.78 is 0. The Morgan fingerprint density at radius 3 is 2.81 bits per heavy atom.